The summed E-state index contributed by atoms with van der Waals surface area (Å²) in [5.74, 6) is 1.73. The van der Waals surface area contributed by atoms with E-state index in [0.29, 0.717) is 0 Å². The Morgan fingerprint density at radius 1 is 1.28 bits per heavy atom. The smallest absolute Gasteiger partial charge is 0.0334 e. The van der Waals surface area contributed by atoms with Gasteiger partial charge >= 0.3 is 0 Å². The van der Waals surface area contributed by atoms with Gasteiger partial charge in [0.1, 0.15) is 0 Å². The summed E-state index contributed by atoms with van der Waals surface area (Å²) >= 11 is 0. The molecule has 0 atom stereocenters. The summed E-state index contributed by atoms with van der Waals surface area (Å²) in [6.07, 6.45) is 6.41. The van der Waals surface area contributed by atoms with Crippen LogP contribution in [-0.4, -0.2) is 29.6 Å². The minimum absolute atomic E-state index is 0.241. The van der Waals surface area contributed by atoms with Crippen molar-refractivity contribution in [3.63, 3.8) is 0 Å². The van der Waals surface area contributed by atoms with E-state index in [4.69, 9.17) is 5.73 Å². The van der Waals surface area contributed by atoms with Crippen LogP contribution in [0.2, 0.25) is 0 Å². The topological polar surface area (TPSA) is 29.3 Å². The Balaban J connectivity index is 2.77. The molecule has 0 amide bonds. The molecule has 0 aromatic heterocycles. The van der Waals surface area contributed by atoms with E-state index in [-0.39, 0.29) is 11.1 Å². The molecule has 0 radical (unpaired) electrons. The number of hydrogen-bond acceptors (Lipinski definition) is 2. The van der Waals surface area contributed by atoms with E-state index in [1.54, 1.807) is 0 Å². The van der Waals surface area contributed by atoms with Gasteiger partial charge in [0, 0.05) is 17.6 Å². The monoisotopic (exact) mass is 254 g/mol. The summed E-state index contributed by atoms with van der Waals surface area (Å²) in [4.78, 5) is 2.58. The Morgan fingerprint density at radius 2 is 1.78 bits per heavy atom. The van der Waals surface area contributed by atoms with Crippen molar-refractivity contribution >= 4 is 0 Å². The number of hydrogen-bond donors (Lipinski definition) is 1. The molecule has 0 unspecified atom stereocenters. The first-order valence-electron chi connectivity index (χ1n) is 7.73. The van der Waals surface area contributed by atoms with Crippen LogP contribution >= 0.6 is 0 Å². The van der Waals surface area contributed by atoms with Crippen LogP contribution in [0.5, 0.6) is 0 Å². The molecule has 1 saturated carbocycles. The molecule has 0 aromatic carbocycles. The minimum atomic E-state index is 0.241. The molecule has 1 aliphatic carbocycles. The maximum atomic E-state index is 6.17. The zero-order valence-electron chi connectivity index (χ0n) is 13.4. The molecule has 2 heteroatoms. The van der Waals surface area contributed by atoms with Gasteiger partial charge in [0.2, 0.25) is 0 Å². The van der Waals surface area contributed by atoms with Crippen LogP contribution in [0.1, 0.15) is 66.7 Å². The highest BCUT2D eigenvalue weighted by atomic mass is 15.2. The molecule has 1 fully saturated rings. The van der Waals surface area contributed by atoms with Gasteiger partial charge in [0.25, 0.3) is 0 Å². The van der Waals surface area contributed by atoms with Crippen LogP contribution in [0.4, 0.5) is 0 Å². The highest BCUT2D eigenvalue weighted by Gasteiger charge is 2.42. The highest BCUT2D eigenvalue weighted by Crippen LogP contribution is 2.41. The van der Waals surface area contributed by atoms with Gasteiger partial charge in [-0.15, -0.1) is 0 Å². The fourth-order valence-corrected chi connectivity index (χ4v) is 3.40. The SMILES string of the molecule is CCC(C)(C)N(C)C1(CN)CCC(C(C)C)CC1. The van der Waals surface area contributed by atoms with Crippen molar-refractivity contribution in [3.8, 4) is 0 Å². The second-order valence-corrected chi connectivity index (χ2v) is 7.23. The molecule has 0 bridgehead atoms. The van der Waals surface area contributed by atoms with Crippen LogP contribution in [0.25, 0.3) is 0 Å². The van der Waals surface area contributed by atoms with Crippen molar-refractivity contribution in [2.24, 2.45) is 17.6 Å². The molecular weight excluding hydrogens is 220 g/mol. The van der Waals surface area contributed by atoms with Gasteiger partial charge in [-0.05, 0) is 64.8 Å². The third-order valence-electron chi connectivity index (χ3n) is 5.77. The Bertz CT molecular complexity index is 250. The molecule has 2 N–H and O–H groups in total. The Morgan fingerprint density at radius 3 is 2.11 bits per heavy atom. The summed E-state index contributed by atoms with van der Waals surface area (Å²) in [5.41, 5.74) is 6.67. The lowest BCUT2D eigenvalue weighted by atomic mass is 9.71. The second-order valence-electron chi connectivity index (χ2n) is 7.23. The van der Waals surface area contributed by atoms with Crippen molar-refractivity contribution < 1.29 is 0 Å². The Labute approximate surface area is 114 Å². The minimum Gasteiger partial charge on any atom is -0.329 e. The predicted octanol–water partition coefficient (Wildman–Crippen LogP) is 3.65. The lowest BCUT2D eigenvalue weighted by Gasteiger charge is -2.53. The van der Waals surface area contributed by atoms with Gasteiger partial charge in [-0.2, -0.15) is 0 Å². The first-order chi connectivity index (χ1) is 8.29. The zero-order chi connectivity index (χ0) is 14.0. The van der Waals surface area contributed by atoms with Crippen molar-refractivity contribution in [2.45, 2.75) is 77.8 Å². The van der Waals surface area contributed by atoms with E-state index in [2.05, 4.69) is 46.6 Å². The van der Waals surface area contributed by atoms with E-state index in [9.17, 15) is 0 Å². The zero-order valence-corrected chi connectivity index (χ0v) is 13.4. The standard InChI is InChI=1S/C16H34N2/c1-7-15(4,5)18(6)16(12-17)10-8-14(9-11-16)13(2)3/h13-14H,7-12,17H2,1-6H3. The highest BCUT2D eigenvalue weighted by molar-refractivity contribution is 4.99. The lowest BCUT2D eigenvalue weighted by molar-refractivity contribution is -0.0146. The largest absolute Gasteiger partial charge is 0.329 e. The van der Waals surface area contributed by atoms with E-state index in [1.165, 1.54) is 32.1 Å². The van der Waals surface area contributed by atoms with Crippen LogP contribution in [0.15, 0.2) is 0 Å². The average Bonchev–Trinajstić information content (AvgIpc) is 2.37. The third kappa shape index (κ3) is 3.08. The Kier molecular flexibility index (Phi) is 5.25. The summed E-state index contributed by atoms with van der Waals surface area (Å²) in [6.45, 7) is 12.5. The van der Waals surface area contributed by atoms with Crippen LogP contribution in [-0.2, 0) is 0 Å². The second kappa shape index (κ2) is 5.92. The van der Waals surface area contributed by atoms with Gasteiger partial charge in [-0.25, -0.2) is 0 Å². The van der Waals surface area contributed by atoms with Crippen molar-refractivity contribution in [1.29, 1.82) is 0 Å². The maximum Gasteiger partial charge on any atom is 0.0334 e. The quantitative estimate of drug-likeness (QED) is 0.811. The third-order valence-corrected chi connectivity index (χ3v) is 5.77. The van der Waals surface area contributed by atoms with Crippen LogP contribution in [0.3, 0.4) is 0 Å². The average molecular weight is 254 g/mol. The van der Waals surface area contributed by atoms with Gasteiger partial charge in [-0.1, -0.05) is 20.8 Å². The molecule has 18 heavy (non-hydrogen) atoms. The normalized spacial score (nSPS) is 30.2. The number of nitrogens with zero attached hydrogens (tertiary/aromatic N) is 1. The van der Waals surface area contributed by atoms with E-state index < -0.39 is 0 Å². The number of rotatable bonds is 5. The van der Waals surface area contributed by atoms with E-state index in [0.717, 1.165) is 18.4 Å². The summed E-state index contributed by atoms with van der Waals surface area (Å²) in [7, 11) is 2.28. The molecule has 1 aliphatic rings. The molecule has 2 nitrogen and oxygen atoms in total. The first-order valence-corrected chi connectivity index (χ1v) is 7.73. The molecule has 0 heterocycles. The van der Waals surface area contributed by atoms with E-state index in [1.807, 2.05) is 0 Å². The summed E-state index contributed by atoms with van der Waals surface area (Å²) in [6, 6.07) is 0. The van der Waals surface area contributed by atoms with Crippen molar-refractivity contribution in [2.75, 3.05) is 13.6 Å². The molecule has 0 spiro atoms. The molecule has 108 valence electrons. The van der Waals surface area contributed by atoms with Crippen molar-refractivity contribution in [1.82, 2.24) is 4.90 Å². The van der Waals surface area contributed by atoms with Gasteiger partial charge in [-0.3, -0.25) is 4.90 Å². The molecular formula is C16H34N2. The molecule has 0 aromatic rings. The molecule has 0 saturated heterocycles. The molecule has 1 rings (SSSR count). The fraction of sp³-hybridized carbons (Fsp3) is 1.00. The first kappa shape index (κ1) is 16.0. The maximum absolute atomic E-state index is 6.17. The van der Waals surface area contributed by atoms with Crippen LogP contribution in [0, 0.1) is 11.8 Å². The van der Waals surface area contributed by atoms with Crippen LogP contribution < -0.4 is 5.73 Å². The predicted molar refractivity (Wildman–Crippen MR) is 80.7 cm³/mol. The number of likely N-dealkylation sites (N-methyl/N-ethyl adjacent to an activating group) is 1. The number of nitrogens with two attached hydrogens (primary N) is 1. The summed E-state index contributed by atoms with van der Waals surface area (Å²) < 4.78 is 0. The van der Waals surface area contributed by atoms with E-state index >= 15 is 0 Å². The van der Waals surface area contributed by atoms with Gasteiger partial charge in [0.05, 0.1) is 0 Å². The fourth-order valence-electron chi connectivity index (χ4n) is 3.40. The summed E-state index contributed by atoms with van der Waals surface area (Å²) in [5, 5.41) is 0. The van der Waals surface area contributed by atoms with Gasteiger partial charge < -0.3 is 5.73 Å². The van der Waals surface area contributed by atoms with Gasteiger partial charge in [0.15, 0.2) is 0 Å². The van der Waals surface area contributed by atoms with Crippen molar-refractivity contribution in [3.05, 3.63) is 0 Å². The molecule has 0 aliphatic heterocycles. The lowest BCUT2D eigenvalue weighted by Crippen LogP contribution is -2.61. The Hall–Kier alpha value is -0.0800.